The van der Waals surface area contributed by atoms with E-state index in [1.165, 1.54) is 0 Å². The number of hydrogen-bond donors (Lipinski definition) is 2. The van der Waals surface area contributed by atoms with Gasteiger partial charge in [-0.15, -0.1) is 0 Å². The fourth-order valence-corrected chi connectivity index (χ4v) is 4.15. The number of nitrogens with zero attached hydrogens (tertiary/aromatic N) is 3. The van der Waals surface area contributed by atoms with Gasteiger partial charge in [-0.25, -0.2) is 9.97 Å². The SMILES string of the molecule is COc1ccc(CCNC(=O)c2c(N)n(-c3cccc(Cl)c3)c3nc4ccccc4nc23)cc1. The molecule has 34 heavy (non-hydrogen) atoms. The zero-order valence-corrected chi connectivity index (χ0v) is 19.2. The maximum atomic E-state index is 13.3. The number of nitrogens with one attached hydrogen (secondary N) is 1. The molecule has 0 radical (unpaired) electrons. The standard InChI is InChI=1S/C26H22ClN5O2/c1-34-19-11-9-16(10-12-19)13-14-29-26(33)22-23-25(31-21-8-3-2-7-20(21)30-23)32(24(22)28)18-6-4-5-17(27)15-18/h2-12,15H,13-14,28H2,1H3,(H,29,33). The number of para-hydroxylation sites is 2. The molecule has 5 aromatic rings. The van der Waals surface area contributed by atoms with Gasteiger partial charge < -0.3 is 15.8 Å². The second kappa shape index (κ2) is 9.03. The number of carbonyl (C=O) groups is 1. The smallest absolute Gasteiger partial charge is 0.257 e. The van der Waals surface area contributed by atoms with E-state index in [0.717, 1.165) is 11.3 Å². The number of methoxy groups -OCH3 is 1. The van der Waals surface area contributed by atoms with Crippen LogP contribution in [0.15, 0.2) is 72.8 Å². The summed E-state index contributed by atoms with van der Waals surface area (Å²) in [5.74, 6) is 0.746. The highest BCUT2D eigenvalue weighted by molar-refractivity contribution is 6.30. The summed E-state index contributed by atoms with van der Waals surface area (Å²) in [4.78, 5) is 22.8. The third-order valence-corrected chi connectivity index (χ3v) is 5.88. The number of anilines is 1. The fourth-order valence-electron chi connectivity index (χ4n) is 3.96. The molecule has 0 spiro atoms. The second-order valence-electron chi connectivity index (χ2n) is 7.81. The summed E-state index contributed by atoms with van der Waals surface area (Å²) in [6.07, 6.45) is 0.664. The number of hydrogen-bond acceptors (Lipinski definition) is 5. The third kappa shape index (κ3) is 4.02. The lowest BCUT2D eigenvalue weighted by molar-refractivity contribution is 0.0956. The van der Waals surface area contributed by atoms with Crippen molar-refractivity contribution in [3.8, 4) is 11.4 Å². The fraction of sp³-hybridized carbons (Fsp3) is 0.115. The molecule has 5 rings (SSSR count). The maximum absolute atomic E-state index is 13.3. The Balaban J connectivity index is 1.53. The Morgan fingerprint density at radius 3 is 2.47 bits per heavy atom. The van der Waals surface area contributed by atoms with Crippen molar-refractivity contribution in [2.24, 2.45) is 0 Å². The Kier molecular flexibility index (Phi) is 5.77. The van der Waals surface area contributed by atoms with Crippen LogP contribution in [0.1, 0.15) is 15.9 Å². The normalized spacial score (nSPS) is 11.1. The number of benzene rings is 3. The largest absolute Gasteiger partial charge is 0.497 e. The Bertz CT molecular complexity index is 1510. The molecule has 0 saturated heterocycles. The highest BCUT2D eigenvalue weighted by Gasteiger charge is 2.24. The Labute approximate surface area is 201 Å². The van der Waals surface area contributed by atoms with Gasteiger partial charge in [0.1, 0.15) is 22.6 Å². The van der Waals surface area contributed by atoms with Crippen molar-refractivity contribution in [2.45, 2.75) is 6.42 Å². The number of carbonyl (C=O) groups excluding carboxylic acids is 1. The summed E-state index contributed by atoms with van der Waals surface area (Å²) in [7, 11) is 1.63. The first-order valence-electron chi connectivity index (χ1n) is 10.8. The monoisotopic (exact) mass is 471 g/mol. The molecule has 2 aromatic heterocycles. The highest BCUT2D eigenvalue weighted by Crippen LogP contribution is 2.31. The average Bonchev–Trinajstić information content (AvgIpc) is 3.13. The number of amides is 1. The van der Waals surface area contributed by atoms with Crippen LogP contribution in [0.4, 0.5) is 5.82 Å². The molecule has 2 heterocycles. The topological polar surface area (TPSA) is 95.1 Å². The Morgan fingerprint density at radius 2 is 1.76 bits per heavy atom. The molecule has 0 atom stereocenters. The molecule has 0 unspecified atom stereocenters. The van der Waals surface area contributed by atoms with Gasteiger partial charge in [-0.05, 0) is 54.4 Å². The van der Waals surface area contributed by atoms with Gasteiger partial charge in [0.15, 0.2) is 5.65 Å². The average molecular weight is 472 g/mol. The van der Waals surface area contributed by atoms with E-state index in [1.807, 2.05) is 60.7 Å². The zero-order valence-electron chi connectivity index (χ0n) is 18.5. The molecule has 0 aliphatic heterocycles. The summed E-state index contributed by atoms with van der Waals surface area (Å²) in [6.45, 7) is 0.440. The van der Waals surface area contributed by atoms with Crippen molar-refractivity contribution in [1.82, 2.24) is 19.9 Å². The van der Waals surface area contributed by atoms with Gasteiger partial charge in [-0.1, -0.05) is 41.9 Å². The lowest BCUT2D eigenvalue weighted by atomic mass is 10.1. The van der Waals surface area contributed by atoms with Crippen molar-refractivity contribution in [2.75, 3.05) is 19.4 Å². The molecule has 1 amide bonds. The number of ether oxygens (including phenoxy) is 1. The Morgan fingerprint density at radius 1 is 1.03 bits per heavy atom. The molecule has 3 N–H and O–H groups in total. The van der Waals surface area contributed by atoms with Crippen LogP contribution >= 0.6 is 11.6 Å². The minimum Gasteiger partial charge on any atom is -0.497 e. The highest BCUT2D eigenvalue weighted by atomic mass is 35.5. The zero-order chi connectivity index (χ0) is 23.7. The molecule has 0 fully saturated rings. The summed E-state index contributed by atoms with van der Waals surface area (Å²) >= 11 is 6.23. The number of rotatable bonds is 6. The lowest BCUT2D eigenvalue weighted by Crippen LogP contribution is -2.26. The molecule has 0 bridgehead atoms. The van der Waals surface area contributed by atoms with Crippen LogP contribution in [0.3, 0.4) is 0 Å². The first-order valence-corrected chi connectivity index (χ1v) is 11.2. The van der Waals surface area contributed by atoms with E-state index in [4.69, 9.17) is 32.0 Å². The molecule has 0 aliphatic carbocycles. The summed E-state index contributed by atoms with van der Waals surface area (Å²) < 4.78 is 6.91. The molecular weight excluding hydrogens is 450 g/mol. The molecular formula is C26H22ClN5O2. The van der Waals surface area contributed by atoms with Gasteiger partial charge in [0.2, 0.25) is 0 Å². The summed E-state index contributed by atoms with van der Waals surface area (Å²) in [5.41, 5.74) is 11.0. The molecule has 7 nitrogen and oxygen atoms in total. The van der Waals surface area contributed by atoms with Gasteiger partial charge in [0, 0.05) is 11.6 Å². The minimum absolute atomic E-state index is 0.259. The predicted octanol–water partition coefficient (Wildman–Crippen LogP) is 4.79. The van der Waals surface area contributed by atoms with Gasteiger partial charge in [-0.3, -0.25) is 9.36 Å². The van der Waals surface area contributed by atoms with Gasteiger partial charge in [-0.2, -0.15) is 0 Å². The van der Waals surface area contributed by atoms with Crippen molar-refractivity contribution < 1.29 is 9.53 Å². The van der Waals surface area contributed by atoms with E-state index in [1.54, 1.807) is 23.8 Å². The first kappa shape index (κ1) is 21.7. The number of aromatic nitrogens is 3. The molecule has 3 aromatic carbocycles. The van der Waals surface area contributed by atoms with Crippen LogP contribution < -0.4 is 15.8 Å². The van der Waals surface area contributed by atoms with Crippen molar-refractivity contribution >= 4 is 45.5 Å². The first-order chi connectivity index (χ1) is 16.5. The van der Waals surface area contributed by atoms with Crippen LogP contribution in [0.5, 0.6) is 5.75 Å². The van der Waals surface area contributed by atoms with Crippen LogP contribution in [-0.2, 0) is 6.42 Å². The molecule has 0 aliphatic rings. The second-order valence-corrected chi connectivity index (χ2v) is 8.25. The van der Waals surface area contributed by atoms with E-state index >= 15 is 0 Å². The van der Waals surface area contributed by atoms with E-state index in [-0.39, 0.29) is 11.7 Å². The van der Waals surface area contributed by atoms with Crippen LogP contribution in [0.2, 0.25) is 5.02 Å². The van der Waals surface area contributed by atoms with E-state index in [9.17, 15) is 4.79 Å². The van der Waals surface area contributed by atoms with Gasteiger partial charge >= 0.3 is 0 Å². The maximum Gasteiger partial charge on any atom is 0.257 e. The minimum atomic E-state index is -0.304. The van der Waals surface area contributed by atoms with Gasteiger partial charge in [0.25, 0.3) is 5.91 Å². The van der Waals surface area contributed by atoms with Crippen LogP contribution in [0, 0.1) is 0 Å². The van der Waals surface area contributed by atoms with Gasteiger partial charge in [0.05, 0.1) is 23.8 Å². The molecule has 170 valence electrons. The van der Waals surface area contributed by atoms with Crippen LogP contribution in [0.25, 0.3) is 27.9 Å². The van der Waals surface area contributed by atoms with Crippen molar-refractivity contribution in [1.29, 1.82) is 0 Å². The van der Waals surface area contributed by atoms with Crippen molar-refractivity contribution in [3.63, 3.8) is 0 Å². The van der Waals surface area contributed by atoms with Crippen molar-refractivity contribution in [3.05, 3.63) is 88.9 Å². The number of fused-ring (bicyclic) bond motifs is 2. The number of nitrogens with two attached hydrogens (primary N) is 1. The summed E-state index contributed by atoms with van der Waals surface area (Å²) in [5, 5.41) is 3.53. The van der Waals surface area contributed by atoms with E-state index < -0.39 is 0 Å². The summed E-state index contributed by atoms with van der Waals surface area (Å²) in [6, 6.07) is 22.5. The lowest BCUT2D eigenvalue weighted by Gasteiger charge is -2.09. The molecule has 8 heteroatoms. The third-order valence-electron chi connectivity index (χ3n) is 5.65. The molecule has 0 saturated carbocycles. The quantitative estimate of drug-likeness (QED) is 0.371. The van der Waals surface area contributed by atoms with Crippen LogP contribution in [-0.4, -0.2) is 34.1 Å². The number of halogens is 1. The Hall–Kier alpha value is -4.10. The predicted molar refractivity (Wildman–Crippen MR) is 135 cm³/mol. The van der Waals surface area contributed by atoms with E-state index in [0.29, 0.717) is 51.4 Å². The van der Waals surface area contributed by atoms with E-state index in [2.05, 4.69) is 5.32 Å². The number of nitrogen functional groups attached to an aromatic ring is 1.